The molecule has 1 amide bonds. The molecule has 0 rings (SSSR count). The van der Waals surface area contributed by atoms with E-state index >= 15 is 0 Å². The Morgan fingerprint density at radius 1 is 0.800 bits per heavy atom. The standard InChI is InChI=1S/C36H67N2O6P/c1-6-8-10-12-14-16-18-19-20-22-24-26-28-30-36(40)37-34(33-44-45(41,42)43-32-31-38(3,4)5)35(39)29-27-25-23-21-17-15-13-11-9-7-2/h8,10,14,16,19-20,27,29,34-35,39H,6-7,9,11-13,15,17-18,21-26,28,30-33H2,1-5H3,(H-,37,40,41,42)/b10-8-,16-14-,20-19-,29-27+. The van der Waals surface area contributed by atoms with Crippen LogP contribution < -0.4 is 10.2 Å². The van der Waals surface area contributed by atoms with Crippen LogP contribution in [0.4, 0.5) is 0 Å². The van der Waals surface area contributed by atoms with E-state index in [1.54, 1.807) is 6.08 Å². The van der Waals surface area contributed by atoms with Crippen molar-refractivity contribution in [2.45, 2.75) is 135 Å². The minimum atomic E-state index is -4.58. The highest BCUT2D eigenvalue weighted by molar-refractivity contribution is 7.45. The highest BCUT2D eigenvalue weighted by Crippen LogP contribution is 2.38. The lowest BCUT2D eigenvalue weighted by molar-refractivity contribution is -0.870. The van der Waals surface area contributed by atoms with Gasteiger partial charge in [0.2, 0.25) is 5.91 Å². The molecule has 0 aliphatic heterocycles. The van der Waals surface area contributed by atoms with E-state index in [4.69, 9.17) is 9.05 Å². The Hall–Kier alpha value is -1.54. The SMILES string of the molecule is CC/C=C\C/C=C\C/C=C\CCCCCC(=O)NC(COP(=O)([O-])OCC[N+](C)(C)C)C(O)/C=C/CCCCCCCCCC. The summed E-state index contributed by atoms with van der Waals surface area (Å²) in [5.41, 5.74) is 0. The highest BCUT2D eigenvalue weighted by Gasteiger charge is 2.23. The predicted molar refractivity (Wildman–Crippen MR) is 187 cm³/mol. The van der Waals surface area contributed by atoms with Gasteiger partial charge in [-0.05, 0) is 51.4 Å². The lowest BCUT2D eigenvalue weighted by atomic mass is 10.1. The summed E-state index contributed by atoms with van der Waals surface area (Å²) in [4.78, 5) is 25.0. The van der Waals surface area contributed by atoms with Gasteiger partial charge in [0.25, 0.3) is 7.82 Å². The van der Waals surface area contributed by atoms with Gasteiger partial charge in [-0.25, -0.2) is 0 Å². The van der Waals surface area contributed by atoms with E-state index in [1.165, 1.54) is 38.5 Å². The molecule has 0 aliphatic carbocycles. The number of nitrogens with zero attached hydrogens (tertiary/aromatic N) is 1. The fraction of sp³-hybridized carbons (Fsp3) is 0.750. The van der Waals surface area contributed by atoms with Crippen LogP contribution in [-0.4, -0.2) is 68.5 Å². The molecule has 9 heteroatoms. The number of amides is 1. The average molecular weight is 655 g/mol. The van der Waals surface area contributed by atoms with Gasteiger partial charge < -0.3 is 28.8 Å². The number of hydrogen-bond acceptors (Lipinski definition) is 6. The van der Waals surface area contributed by atoms with E-state index < -0.39 is 26.6 Å². The third kappa shape index (κ3) is 30.9. The minimum absolute atomic E-state index is 0.00903. The first kappa shape index (κ1) is 43.5. The zero-order chi connectivity index (χ0) is 33.7. The fourth-order valence-corrected chi connectivity index (χ4v) is 5.18. The van der Waals surface area contributed by atoms with Gasteiger partial charge in [0.1, 0.15) is 13.2 Å². The zero-order valence-electron chi connectivity index (χ0n) is 29.3. The smallest absolute Gasteiger partial charge is 0.268 e. The van der Waals surface area contributed by atoms with E-state index in [0.717, 1.165) is 64.2 Å². The summed E-state index contributed by atoms with van der Waals surface area (Å²) in [5, 5.41) is 13.6. The Bertz CT molecular complexity index is 881. The van der Waals surface area contributed by atoms with Crippen LogP contribution in [0.5, 0.6) is 0 Å². The maximum atomic E-state index is 12.7. The van der Waals surface area contributed by atoms with Crippen LogP contribution in [0.25, 0.3) is 0 Å². The Balaban J connectivity index is 4.66. The van der Waals surface area contributed by atoms with Crippen molar-refractivity contribution in [3.8, 4) is 0 Å². The molecule has 0 aromatic heterocycles. The van der Waals surface area contributed by atoms with E-state index in [0.29, 0.717) is 17.4 Å². The predicted octanol–water partition coefficient (Wildman–Crippen LogP) is 7.94. The number of rotatable bonds is 30. The van der Waals surface area contributed by atoms with Crippen LogP contribution in [0.3, 0.4) is 0 Å². The van der Waals surface area contributed by atoms with Crippen molar-refractivity contribution < 1.29 is 32.9 Å². The normalized spacial score (nSPS) is 15.4. The molecule has 3 unspecified atom stereocenters. The lowest BCUT2D eigenvalue weighted by Crippen LogP contribution is -2.45. The lowest BCUT2D eigenvalue weighted by Gasteiger charge is -2.29. The van der Waals surface area contributed by atoms with Crippen molar-refractivity contribution in [1.29, 1.82) is 0 Å². The first-order valence-corrected chi connectivity index (χ1v) is 19.0. The van der Waals surface area contributed by atoms with Crippen LogP contribution in [0.2, 0.25) is 0 Å². The maximum absolute atomic E-state index is 12.7. The number of aliphatic hydroxyl groups is 1. The van der Waals surface area contributed by atoms with Crippen molar-refractivity contribution >= 4 is 13.7 Å². The summed E-state index contributed by atoms with van der Waals surface area (Å²) in [5.74, 6) is -0.233. The van der Waals surface area contributed by atoms with Crippen LogP contribution in [0, 0.1) is 0 Å². The summed E-state index contributed by atoms with van der Waals surface area (Å²) in [6.07, 6.45) is 33.0. The van der Waals surface area contributed by atoms with Crippen molar-refractivity contribution in [3.05, 3.63) is 48.6 Å². The van der Waals surface area contributed by atoms with Gasteiger partial charge in [-0.1, -0.05) is 114 Å². The minimum Gasteiger partial charge on any atom is -0.756 e. The Morgan fingerprint density at radius 2 is 1.36 bits per heavy atom. The number of nitrogens with one attached hydrogen (secondary N) is 1. The van der Waals surface area contributed by atoms with E-state index in [1.807, 2.05) is 27.2 Å². The number of hydrogen-bond donors (Lipinski definition) is 2. The van der Waals surface area contributed by atoms with Gasteiger partial charge in [-0.15, -0.1) is 0 Å². The quantitative estimate of drug-likeness (QED) is 0.0353. The van der Waals surface area contributed by atoms with Crippen molar-refractivity contribution in [3.63, 3.8) is 0 Å². The molecule has 0 spiro atoms. The van der Waals surface area contributed by atoms with Crippen molar-refractivity contribution in [2.24, 2.45) is 0 Å². The molecular weight excluding hydrogens is 587 g/mol. The molecule has 3 atom stereocenters. The van der Waals surface area contributed by atoms with Gasteiger partial charge in [0.15, 0.2) is 0 Å². The summed E-state index contributed by atoms with van der Waals surface area (Å²) >= 11 is 0. The van der Waals surface area contributed by atoms with Crippen molar-refractivity contribution in [1.82, 2.24) is 5.32 Å². The molecule has 0 radical (unpaired) electrons. The van der Waals surface area contributed by atoms with E-state index in [-0.39, 0.29) is 12.5 Å². The van der Waals surface area contributed by atoms with Gasteiger partial charge in [0.05, 0.1) is 39.9 Å². The second-order valence-electron chi connectivity index (χ2n) is 12.8. The third-order valence-electron chi connectivity index (χ3n) is 7.29. The molecule has 0 aromatic rings. The zero-order valence-corrected chi connectivity index (χ0v) is 30.2. The molecule has 45 heavy (non-hydrogen) atoms. The first-order chi connectivity index (χ1) is 21.5. The number of aliphatic hydroxyl groups excluding tert-OH is 1. The Morgan fingerprint density at radius 3 is 1.98 bits per heavy atom. The number of phosphoric acid groups is 1. The third-order valence-corrected chi connectivity index (χ3v) is 8.26. The Kier molecular flexibility index (Phi) is 27.7. The number of unbranched alkanes of at least 4 members (excludes halogenated alkanes) is 11. The monoisotopic (exact) mass is 654 g/mol. The second-order valence-corrected chi connectivity index (χ2v) is 14.3. The average Bonchev–Trinajstić information content (AvgIpc) is 2.97. The number of phosphoric ester groups is 1. The molecule has 0 bridgehead atoms. The summed E-state index contributed by atoms with van der Waals surface area (Å²) in [6, 6.07) is -0.898. The topological polar surface area (TPSA) is 108 Å². The van der Waals surface area contributed by atoms with Crippen molar-refractivity contribution in [2.75, 3.05) is 40.9 Å². The molecule has 0 aliphatic rings. The van der Waals surface area contributed by atoms with Crippen LogP contribution in [0.15, 0.2) is 48.6 Å². The van der Waals surface area contributed by atoms with Crippen LogP contribution in [-0.2, 0) is 18.4 Å². The fourth-order valence-electron chi connectivity index (χ4n) is 4.46. The molecule has 262 valence electrons. The van der Waals surface area contributed by atoms with Crippen LogP contribution >= 0.6 is 7.82 Å². The summed E-state index contributed by atoms with van der Waals surface area (Å²) in [7, 11) is 1.23. The van der Waals surface area contributed by atoms with Gasteiger partial charge in [0, 0.05) is 6.42 Å². The van der Waals surface area contributed by atoms with E-state index in [9.17, 15) is 19.4 Å². The Labute approximate surface area is 276 Å². The largest absolute Gasteiger partial charge is 0.756 e. The molecule has 8 nitrogen and oxygen atoms in total. The van der Waals surface area contributed by atoms with Gasteiger partial charge in [-0.2, -0.15) is 0 Å². The molecule has 0 heterocycles. The van der Waals surface area contributed by atoms with Crippen LogP contribution in [0.1, 0.15) is 123 Å². The first-order valence-electron chi connectivity index (χ1n) is 17.5. The number of likely N-dealkylation sites (N-methyl/N-ethyl adjacent to an activating group) is 1. The molecule has 0 aromatic carbocycles. The molecule has 0 fully saturated rings. The van der Waals surface area contributed by atoms with Gasteiger partial charge >= 0.3 is 0 Å². The number of carbonyl (C=O) groups excluding carboxylic acids is 1. The highest BCUT2D eigenvalue weighted by atomic mass is 31.2. The molecule has 0 saturated carbocycles. The molecule has 2 N–H and O–H groups in total. The number of carbonyl (C=O) groups is 1. The maximum Gasteiger partial charge on any atom is 0.268 e. The van der Waals surface area contributed by atoms with Gasteiger partial charge in [-0.3, -0.25) is 9.36 Å². The second kappa shape index (κ2) is 28.7. The molecule has 0 saturated heterocycles. The summed E-state index contributed by atoms with van der Waals surface area (Å²) in [6.45, 7) is 4.44. The summed E-state index contributed by atoms with van der Waals surface area (Å²) < 4.78 is 23.0. The molecular formula is C36H67N2O6P. The van der Waals surface area contributed by atoms with E-state index in [2.05, 4.69) is 55.6 Å². The number of allylic oxidation sites excluding steroid dienone is 7. The number of quaternary nitrogens is 1.